The molecule has 2 rings (SSSR count). The number of carbonyl (C=O) groups is 1. The minimum atomic E-state index is 1.32. The van der Waals surface area contributed by atoms with Gasteiger partial charge >= 0.3 is 0 Å². The van der Waals surface area contributed by atoms with Gasteiger partial charge in [-0.3, -0.25) is 0 Å². The summed E-state index contributed by atoms with van der Waals surface area (Å²) in [5, 5.41) is 2.64. The highest BCUT2D eigenvalue weighted by molar-refractivity contribution is 5.82. The Kier molecular flexibility index (Phi) is 6.56. The van der Waals surface area contributed by atoms with Crippen molar-refractivity contribution in [3.8, 4) is 0 Å². The first-order chi connectivity index (χ1) is 7.36. The Hall–Kier alpha value is -1.89. The van der Waals surface area contributed by atoms with E-state index in [0.29, 0.717) is 0 Å². The van der Waals surface area contributed by atoms with Crippen LogP contribution in [0.3, 0.4) is 0 Å². The number of hydrogen-bond acceptors (Lipinski definition) is 1. The van der Waals surface area contributed by atoms with E-state index in [2.05, 4.69) is 62.5 Å². The predicted octanol–water partition coefficient (Wildman–Crippen LogP) is 3.77. The predicted molar refractivity (Wildman–Crippen MR) is 67.1 cm³/mol. The molecule has 0 heterocycles. The van der Waals surface area contributed by atoms with Gasteiger partial charge in [0.25, 0.3) is 0 Å². The molecule has 15 heavy (non-hydrogen) atoms. The van der Waals surface area contributed by atoms with E-state index < -0.39 is 0 Å². The Labute approximate surface area is 91.1 Å². The van der Waals surface area contributed by atoms with Crippen LogP contribution in [0.15, 0.2) is 55.6 Å². The van der Waals surface area contributed by atoms with Gasteiger partial charge in [-0.15, -0.1) is 13.2 Å². The molecule has 0 saturated heterocycles. The van der Waals surface area contributed by atoms with Crippen LogP contribution in [-0.4, -0.2) is 6.79 Å². The van der Waals surface area contributed by atoms with Crippen molar-refractivity contribution in [1.29, 1.82) is 0 Å². The molecule has 0 aliphatic heterocycles. The van der Waals surface area contributed by atoms with Gasteiger partial charge in [0.2, 0.25) is 0 Å². The van der Waals surface area contributed by atoms with Crippen molar-refractivity contribution >= 4 is 17.6 Å². The maximum atomic E-state index is 8.00. The minimum Gasteiger partial charge on any atom is -0.307 e. The standard InChI is InChI=1S/C11H10.C2H4.CH2O/c1-9-6-7-10-4-2-3-5-11(10)8-9;2*1-2/h2-8H,1H3;1-2H2;1H2. The topological polar surface area (TPSA) is 17.1 Å². The largest absolute Gasteiger partial charge is 0.307 e. The summed E-state index contributed by atoms with van der Waals surface area (Å²) in [5.41, 5.74) is 1.32. The van der Waals surface area contributed by atoms with E-state index in [0.717, 1.165) is 0 Å². The Morgan fingerprint density at radius 3 is 2.00 bits per heavy atom. The van der Waals surface area contributed by atoms with Crippen LogP contribution in [0.2, 0.25) is 0 Å². The molecule has 0 N–H and O–H groups in total. The quantitative estimate of drug-likeness (QED) is 0.592. The molecule has 0 bridgehead atoms. The molecule has 0 aliphatic carbocycles. The van der Waals surface area contributed by atoms with Gasteiger partial charge in [-0.1, -0.05) is 48.0 Å². The second-order valence-electron chi connectivity index (χ2n) is 2.85. The Morgan fingerprint density at radius 2 is 1.40 bits per heavy atom. The molecular formula is C14H16O. The average Bonchev–Trinajstić information content (AvgIpc) is 2.34. The van der Waals surface area contributed by atoms with Crippen LogP contribution in [0.1, 0.15) is 5.56 Å². The Morgan fingerprint density at radius 1 is 0.867 bits per heavy atom. The zero-order valence-electron chi connectivity index (χ0n) is 9.07. The molecule has 2 aromatic carbocycles. The number of hydrogen-bond donors (Lipinski definition) is 0. The lowest BCUT2D eigenvalue weighted by atomic mass is 10.1. The van der Waals surface area contributed by atoms with E-state index in [1.807, 2.05) is 6.79 Å². The van der Waals surface area contributed by atoms with Crippen LogP contribution < -0.4 is 0 Å². The van der Waals surface area contributed by atoms with Gasteiger partial charge in [0.15, 0.2) is 0 Å². The van der Waals surface area contributed by atoms with Crippen molar-refractivity contribution < 1.29 is 4.79 Å². The number of benzene rings is 2. The lowest BCUT2D eigenvalue weighted by molar-refractivity contribution is -0.0979. The SMILES string of the molecule is C=C.C=O.Cc1ccc2ccccc2c1. The fourth-order valence-electron chi connectivity index (χ4n) is 1.31. The molecule has 0 unspecified atom stereocenters. The van der Waals surface area contributed by atoms with Crippen LogP contribution in [0.4, 0.5) is 0 Å². The van der Waals surface area contributed by atoms with Gasteiger partial charge in [0, 0.05) is 0 Å². The molecule has 1 nitrogen and oxygen atoms in total. The van der Waals surface area contributed by atoms with Crippen molar-refractivity contribution in [2.75, 3.05) is 0 Å². The van der Waals surface area contributed by atoms with Gasteiger partial charge in [0.1, 0.15) is 6.79 Å². The highest BCUT2D eigenvalue weighted by Crippen LogP contribution is 2.14. The molecule has 2 aromatic rings. The van der Waals surface area contributed by atoms with E-state index >= 15 is 0 Å². The normalized spacial score (nSPS) is 8.07. The zero-order valence-corrected chi connectivity index (χ0v) is 9.07. The summed E-state index contributed by atoms with van der Waals surface area (Å²) in [7, 11) is 0. The lowest BCUT2D eigenvalue weighted by Gasteiger charge is -1.96. The molecule has 0 spiro atoms. The molecule has 1 heteroatoms. The molecule has 78 valence electrons. The van der Waals surface area contributed by atoms with Crippen molar-refractivity contribution in [2.24, 2.45) is 0 Å². The second kappa shape index (κ2) is 7.51. The molecule has 0 saturated carbocycles. The maximum absolute atomic E-state index is 8.00. The van der Waals surface area contributed by atoms with Crippen molar-refractivity contribution in [3.05, 3.63) is 61.2 Å². The molecule has 0 atom stereocenters. The van der Waals surface area contributed by atoms with E-state index in [1.54, 1.807) is 0 Å². The first kappa shape index (κ1) is 13.1. The summed E-state index contributed by atoms with van der Waals surface area (Å²) in [4.78, 5) is 8.00. The summed E-state index contributed by atoms with van der Waals surface area (Å²) in [6, 6.07) is 14.9. The van der Waals surface area contributed by atoms with Gasteiger partial charge in [-0.2, -0.15) is 0 Å². The van der Waals surface area contributed by atoms with E-state index in [9.17, 15) is 0 Å². The lowest BCUT2D eigenvalue weighted by Crippen LogP contribution is -1.73. The third kappa shape index (κ3) is 3.77. The van der Waals surface area contributed by atoms with Crippen LogP contribution in [-0.2, 0) is 4.79 Å². The second-order valence-corrected chi connectivity index (χ2v) is 2.85. The van der Waals surface area contributed by atoms with Crippen LogP contribution in [0.25, 0.3) is 10.8 Å². The Bertz CT molecular complexity index is 405. The maximum Gasteiger partial charge on any atom is 0.106 e. The summed E-state index contributed by atoms with van der Waals surface area (Å²) < 4.78 is 0. The van der Waals surface area contributed by atoms with Gasteiger partial charge < -0.3 is 4.79 Å². The summed E-state index contributed by atoms with van der Waals surface area (Å²) in [6.45, 7) is 10.1. The molecule has 0 radical (unpaired) electrons. The highest BCUT2D eigenvalue weighted by Gasteiger charge is 1.89. The fraction of sp³-hybridized carbons (Fsp3) is 0.0714. The van der Waals surface area contributed by atoms with Crippen molar-refractivity contribution in [1.82, 2.24) is 0 Å². The number of carbonyl (C=O) groups excluding carboxylic acids is 1. The third-order valence-electron chi connectivity index (χ3n) is 1.90. The zero-order chi connectivity index (χ0) is 11.7. The van der Waals surface area contributed by atoms with Gasteiger partial charge in [-0.05, 0) is 17.7 Å². The van der Waals surface area contributed by atoms with Crippen LogP contribution in [0.5, 0.6) is 0 Å². The number of fused-ring (bicyclic) bond motifs is 1. The van der Waals surface area contributed by atoms with E-state index in [4.69, 9.17) is 4.79 Å². The van der Waals surface area contributed by atoms with E-state index in [-0.39, 0.29) is 0 Å². The number of rotatable bonds is 0. The first-order valence-corrected chi connectivity index (χ1v) is 4.60. The van der Waals surface area contributed by atoms with Gasteiger partial charge in [0.05, 0.1) is 0 Å². The van der Waals surface area contributed by atoms with Gasteiger partial charge in [-0.25, -0.2) is 0 Å². The highest BCUT2D eigenvalue weighted by atomic mass is 16.1. The molecule has 0 aromatic heterocycles. The van der Waals surface area contributed by atoms with Crippen molar-refractivity contribution in [3.63, 3.8) is 0 Å². The molecular weight excluding hydrogens is 184 g/mol. The Balaban J connectivity index is 0.000000442. The first-order valence-electron chi connectivity index (χ1n) is 4.60. The third-order valence-corrected chi connectivity index (χ3v) is 1.90. The summed E-state index contributed by atoms with van der Waals surface area (Å²) in [5.74, 6) is 0. The summed E-state index contributed by atoms with van der Waals surface area (Å²) in [6.07, 6.45) is 0. The number of aryl methyl sites for hydroxylation is 1. The molecule has 0 fully saturated rings. The van der Waals surface area contributed by atoms with E-state index in [1.165, 1.54) is 16.3 Å². The van der Waals surface area contributed by atoms with Crippen LogP contribution >= 0.6 is 0 Å². The van der Waals surface area contributed by atoms with Crippen molar-refractivity contribution in [2.45, 2.75) is 6.92 Å². The van der Waals surface area contributed by atoms with Crippen LogP contribution in [0, 0.1) is 6.92 Å². The molecule has 0 aliphatic rings. The monoisotopic (exact) mass is 200 g/mol. The summed E-state index contributed by atoms with van der Waals surface area (Å²) >= 11 is 0. The minimum absolute atomic E-state index is 1.32. The average molecular weight is 200 g/mol. The smallest absolute Gasteiger partial charge is 0.106 e. The fourth-order valence-corrected chi connectivity index (χ4v) is 1.31. The molecule has 0 amide bonds.